The molecule has 172 valence electrons. The number of rotatable bonds is 8. The number of halogens is 2. The Bertz CT molecular complexity index is 1240. The normalized spacial score (nSPS) is 12.8. The first-order valence-electron chi connectivity index (χ1n) is 10.3. The summed E-state index contributed by atoms with van der Waals surface area (Å²) in [6, 6.07) is 15.1. The maximum atomic E-state index is 13.5. The molecule has 1 aromatic heterocycles. The van der Waals surface area contributed by atoms with E-state index in [-0.39, 0.29) is 17.4 Å². The van der Waals surface area contributed by atoms with Gasteiger partial charge in [0.15, 0.2) is 9.84 Å². The molecule has 3 aromatic rings. The number of carbonyl (C=O) groups is 1. The summed E-state index contributed by atoms with van der Waals surface area (Å²) in [5, 5.41) is 2.60. The van der Waals surface area contributed by atoms with Crippen LogP contribution in [0.2, 0.25) is 10.0 Å². The number of benzene rings is 2. The van der Waals surface area contributed by atoms with Crippen LogP contribution in [-0.2, 0) is 14.6 Å². The van der Waals surface area contributed by atoms with Crippen LogP contribution in [0.15, 0.2) is 78.0 Å². The number of aromatic nitrogens is 1. The van der Waals surface area contributed by atoms with Crippen LogP contribution in [0, 0.1) is 0 Å². The molecule has 0 fully saturated rings. The Morgan fingerprint density at radius 2 is 1.79 bits per heavy atom. The van der Waals surface area contributed by atoms with E-state index in [1.807, 2.05) is 26.0 Å². The van der Waals surface area contributed by atoms with Crippen LogP contribution >= 0.6 is 23.2 Å². The van der Waals surface area contributed by atoms with Gasteiger partial charge in [-0.05, 0) is 59.0 Å². The largest absolute Gasteiger partial charge is 0.351 e. The average Bonchev–Trinajstić information content (AvgIpc) is 2.79. The maximum Gasteiger partial charge on any atom is 0.244 e. The number of sulfone groups is 1. The fourth-order valence-corrected chi connectivity index (χ4v) is 5.35. The van der Waals surface area contributed by atoms with Gasteiger partial charge < -0.3 is 5.32 Å². The van der Waals surface area contributed by atoms with Gasteiger partial charge in [0.2, 0.25) is 5.91 Å². The van der Waals surface area contributed by atoms with Gasteiger partial charge in [-0.25, -0.2) is 8.42 Å². The van der Waals surface area contributed by atoms with E-state index in [2.05, 4.69) is 10.3 Å². The lowest BCUT2D eigenvalue weighted by atomic mass is 10.0. The highest BCUT2D eigenvalue weighted by atomic mass is 35.5. The minimum absolute atomic E-state index is 0.114. The van der Waals surface area contributed by atoms with Crippen LogP contribution in [-0.4, -0.2) is 25.9 Å². The van der Waals surface area contributed by atoms with Crippen molar-refractivity contribution in [2.24, 2.45) is 0 Å². The summed E-state index contributed by atoms with van der Waals surface area (Å²) in [6.45, 7) is 3.97. The van der Waals surface area contributed by atoms with Gasteiger partial charge in [-0.1, -0.05) is 61.3 Å². The van der Waals surface area contributed by atoms with E-state index in [4.69, 9.17) is 23.2 Å². The molecule has 0 aliphatic carbocycles. The lowest BCUT2D eigenvalue weighted by molar-refractivity contribution is -0.116. The zero-order valence-electron chi connectivity index (χ0n) is 18.2. The molecule has 5 nitrogen and oxygen atoms in total. The molecule has 3 rings (SSSR count). The van der Waals surface area contributed by atoms with Crippen LogP contribution in [0.1, 0.15) is 41.7 Å². The van der Waals surface area contributed by atoms with Gasteiger partial charge in [-0.15, -0.1) is 0 Å². The quantitative estimate of drug-likeness (QED) is 0.391. The molecule has 2 aromatic carbocycles. The number of amides is 1. The highest BCUT2D eigenvalue weighted by molar-refractivity contribution is 7.91. The Labute approximate surface area is 204 Å². The monoisotopic (exact) mass is 502 g/mol. The summed E-state index contributed by atoms with van der Waals surface area (Å²) in [4.78, 5) is 16.7. The maximum absolute atomic E-state index is 13.5. The molecule has 0 spiro atoms. The number of carbonyl (C=O) groups excluding carboxylic acids is 1. The van der Waals surface area contributed by atoms with Crippen molar-refractivity contribution in [2.75, 3.05) is 6.54 Å². The van der Waals surface area contributed by atoms with Gasteiger partial charge >= 0.3 is 0 Å². The van der Waals surface area contributed by atoms with Crippen LogP contribution in [0.5, 0.6) is 0 Å². The van der Waals surface area contributed by atoms with E-state index in [9.17, 15) is 13.2 Å². The molecule has 0 radical (unpaired) electrons. The fourth-order valence-electron chi connectivity index (χ4n) is 3.23. The first-order chi connectivity index (χ1) is 15.7. The van der Waals surface area contributed by atoms with Crippen molar-refractivity contribution in [3.05, 3.63) is 99.8 Å². The van der Waals surface area contributed by atoms with Crippen LogP contribution in [0.4, 0.5) is 0 Å². The molecule has 0 aliphatic rings. The van der Waals surface area contributed by atoms with Gasteiger partial charge in [0, 0.05) is 35.1 Å². The molecular formula is C25H24Cl2N2O3S. The smallest absolute Gasteiger partial charge is 0.244 e. The predicted molar refractivity (Wildman–Crippen MR) is 133 cm³/mol. The van der Waals surface area contributed by atoms with E-state index in [1.54, 1.807) is 54.7 Å². The lowest BCUT2D eigenvalue weighted by Crippen LogP contribution is -2.31. The molecule has 0 aliphatic heterocycles. The van der Waals surface area contributed by atoms with Crippen molar-refractivity contribution >= 4 is 45.0 Å². The van der Waals surface area contributed by atoms with Gasteiger partial charge in [0.25, 0.3) is 0 Å². The molecule has 1 atom stereocenters. The summed E-state index contributed by atoms with van der Waals surface area (Å²) in [7, 11) is -3.79. The molecule has 1 amide bonds. The van der Waals surface area contributed by atoms with Gasteiger partial charge in [0.05, 0.1) is 4.90 Å². The van der Waals surface area contributed by atoms with E-state index < -0.39 is 21.0 Å². The summed E-state index contributed by atoms with van der Waals surface area (Å²) < 4.78 is 26.9. The number of hydrogen-bond donors (Lipinski definition) is 1. The van der Waals surface area contributed by atoms with E-state index in [1.165, 1.54) is 12.3 Å². The third-order valence-corrected chi connectivity index (χ3v) is 7.82. The van der Waals surface area contributed by atoms with Crippen molar-refractivity contribution in [1.29, 1.82) is 0 Å². The van der Waals surface area contributed by atoms with Gasteiger partial charge in [-0.3, -0.25) is 9.78 Å². The minimum Gasteiger partial charge on any atom is -0.351 e. The highest BCUT2D eigenvalue weighted by Gasteiger charge is 2.29. The Morgan fingerprint density at radius 3 is 2.39 bits per heavy atom. The number of nitrogens with zero attached hydrogens (tertiary/aromatic N) is 1. The Morgan fingerprint density at radius 1 is 1.06 bits per heavy atom. The van der Waals surface area contributed by atoms with Crippen molar-refractivity contribution in [3.8, 4) is 0 Å². The molecule has 8 heteroatoms. The summed E-state index contributed by atoms with van der Waals surface area (Å²) in [5.41, 5.74) is 2.17. The second-order valence-electron chi connectivity index (χ2n) is 7.79. The number of pyridine rings is 1. The summed E-state index contributed by atoms with van der Waals surface area (Å²) in [5.74, 6) is -0.156. The molecule has 0 saturated heterocycles. The zero-order valence-corrected chi connectivity index (χ0v) is 20.5. The molecule has 0 saturated carbocycles. The molecular weight excluding hydrogens is 479 g/mol. The highest BCUT2D eigenvalue weighted by Crippen LogP contribution is 2.29. The minimum atomic E-state index is -3.79. The molecule has 1 N–H and O–H groups in total. The molecule has 0 bridgehead atoms. The van der Waals surface area contributed by atoms with Crippen LogP contribution in [0.3, 0.4) is 0 Å². The van der Waals surface area contributed by atoms with Crippen molar-refractivity contribution < 1.29 is 13.2 Å². The fraction of sp³-hybridized carbons (Fsp3) is 0.200. The Balaban J connectivity index is 1.81. The number of nitrogens with one attached hydrogen (secondary N) is 1. The van der Waals surface area contributed by atoms with Crippen LogP contribution in [0.25, 0.3) is 6.08 Å². The van der Waals surface area contributed by atoms with E-state index in [0.29, 0.717) is 21.2 Å². The topological polar surface area (TPSA) is 76.1 Å². The van der Waals surface area contributed by atoms with Crippen LogP contribution < -0.4 is 5.32 Å². The predicted octanol–water partition coefficient (Wildman–Crippen LogP) is 5.86. The summed E-state index contributed by atoms with van der Waals surface area (Å²) in [6.07, 6.45) is 5.92. The third kappa shape index (κ3) is 6.44. The second kappa shape index (κ2) is 11.0. The van der Waals surface area contributed by atoms with Gasteiger partial charge in [-0.2, -0.15) is 0 Å². The average molecular weight is 503 g/mol. The van der Waals surface area contributed by atoms with E-state index >= 15 is 0 Å². The SMILES string of the molecule is CC(C)c1ccc(S(=O)(=O)C(CNC(=O)/C=C/c2ccc(Cl)cc2Cl)c2cccnc2)cc1. The first-order valence-corrected chi connectivity index (χ1v) is 12.6. The third-order valence-electron chi connectivity index (χ3n) is 5.14. The second-order valence-corrected chi connectivity index (χ2v) is 10.8. The van der Waals surface area contributed by atoms with Crippen molar-refractivity contribution in [3.63, 3.8) is 0 Å². The summed E-state index contributed by atoms with van der Waals surface area (Å²) >= 11 is 12.0. The molecule has 1 heterocycles. The van der Waals surface area contributed by atoms with Crippen molar-refractivity contribution in [2.45, 2.75) is 29.9 Å². The Hall–Kier alpha value is -2.67. The zero-order chi connectivity index (χ0) is 24.0. The Kier molecular flexibility index (Phi) is 8.30. The first kappa shape index (κ1) is 25.0. The standard InChI is InChI=1S/C25H24Cl2N2O3S/c1-17(2)18-6-10-22(11-7-18)33(31,32)24(20-4-3-13-28-15-20)16-29-25(30)12-8-19-5-9-21(26)14-23(19)27/h3-15,17,24H,16H2,1-2H3,(H,29,30)/b12-8+. The lowest BCUT2D eigenvalue weighted by Gasteiger charge is -2.19. The molecule has 33 heavy (non-hydrogen) atoms. The van der Waals surface area contributed by atoms with Crippen molar-refractivity contribution in [1.82, 2.24) is 10.3 Å². The van der Waals surface area contributed by atoms with Gasteiger partial charge in [0.1, 0.15) is 5.25 Å². The molecule has 1 unspecified atom stereocenters. The van der Waals surface area contributed by atoms with E-state index in [0.717, 1.165) is 5.56 Å². The number of hydrogen-bond acceptors (Lipinski definition) is 4.